The van der Waals surface area contributed by atoms with E-state index in [-0.39, 0.29) is 24.3 Å². The maximum absolute atomic E-state index is 11.5. The minimum atomic E-state index is -0.871. The van der Waals surface area contributed by atoms with Gasteiger partial charge in [0.05, 0.1) is 25.7 Å². The number of aliphatic hydroxyl groups is 1. The number of methoxy groups -OCH3 is 2. The molecule has 0 saturated carbocycles. The fourth-order valence-corrected chi connectivity index (χ4v) is 4.04. The summed E-state index contributed by atoms with van der Waals surface area (Å²) in [7, 11) is 3.28. The molecule has 4 N–H and O–H groups in total. The van der Waals surface area contributed by atoms with Crippen molar-refractivity contribution in [2.24, 2.45) is 29.4 Å². The summed E-state index contributed by atoms with van der Waals surface area (Å²) in [5.41, 5.74) is 7.61. The van der Waals surface area contributed by atoms with Crippen LogP contribution in [-0.2, 0) is 16.0 Å². The number of aliphatic hydroxyl groups excluding tert-OH is 1. The Balaban J connectivity index is 2.85. The zero-order valence-electron chi connectivity index (χ0n) is 20.5. The lowest BCUT2D eigenvalue weighted by atomic mass is 9.80. The van der Waals surface area contributed by atoms with Crippen LogP contribution >= 0.6 is 0 Å². The predicted molar refractivity (Wildman–Crippen MR) is 126 cm³/mol. The molecule has 1 rings (SSSR count). The zero-order chi connectivity index (χ0) is 24.3. The number of carboxylic acids is 1. The van der Waals surface area contributed by atoms with Crippen LogP contribution in [0.25, 0.3) is 0 Å². The van der Waals surface area contributed by atoms with E-state index in [0.29, 0.717) is 37.1 Å². The van der Waals surface area contributed by atoms with Gasteiger partial charge in [-0.25, -0.2) is 0 Å². The molecule has 7 heteroatoms. The number of nitrogens with two attached hydrogens (primary N) is 1. The fraction of sp³-hybridized carbons (Fsp3) is 0.720. The Morgan fingerprint density at radius 1 is 1.03 bits per heavy atom. The van der Waals surface area contributed by atoms with E-state index in [0.717, 1.165) is 18.4 Å². The molecule has 0 bridgehead atoms. The maximum atomic E-state index is 11.5. The first kappa shape index (κ1) is 28.2. The summed E-state index contributed by atoms with van der Waals surface area (Å²) < 4.78 is 16.4. The second-order valence-electron chi connectivity index (χ2n) is 9.27. The molecule has 0 aliphatic rings. The number of hydrogen-bond acceptors (Lipinski definition) is 6. The molecule has 0 amide bonds. The Morgan fingerprint density at radius 3 is 2.25 bits per heavy atom. The summed E-state index contributed by atoms with van der Waals surface area (Å²) in [6.45, 7) is 9.14. The van der Waals surface area contributed by atoms with Crippen molar-refractivity contribution in [1.82, 2.24) is 0 Å². The number of carboxylic acid groups (broad SMARTS) is 1. The molecule has 1 aromatic rings. The Kier molecular flexibility index (Phi) is 12.6. The highest BCUT2D eigenvalue weighted by molar-refractivity contribution is 5.70. The number of ether oxygens (including phenoxy) is 3. The smallest absolute Gasteiger partial charge is 0.306 e. The minimum absolute atomic E-state index is 0.0409. The number of carbonyl (C=O) groups is 1. The second-order valence-corrected chi connectivity index (χ2v) is 9.27. The molecule has 1 aromatic carbocycles. The van der Waals surface area contributed by atoms with Gasteiger partial charge in [-0.05, 0) is 54.7 Å². The van der Waals surface area contributed by atoms with Crippen LogP contribution < -0.4 is 15.2 Å². The van der Waals surface area contributed by atoms with E-state index in [2.05, 4.69) is 13.8 Å². The molecule has 0 aromatic heterocycles. The molecule has 0 saturated heterocycles. The van der Waals surface area contributed by atoms with E-state index in [9.17, 15) is 15.0 Å². The van der Waals surface area contributed by atoms with Crippen LogP contribution in [0.15, 0.2) is 18.2 Å². The molecule has 184 valence electrons. The third-order valence-corrected chi connectivity index (χ3v) is 6.05. The SMILES string of the molecule is COCCCOc1cc(C[C@@H](C(C)C)[C@@H](N)C[C@@H](O)C[C@H](C(=O)O)C(C)C)ccc1OC. The topological polar surface area (TPSA) is 111 Å². The first-order chi connectivity index (χ1) is 15.1. The van der Waals surface area contributed by atoms with Crippen molar-refractivity contribution < 1.29 is 29.2 Å². The lowest BCUT2D eigenvalue weighted by Gasteiger charge is -2.30. The third kappa shape index (κ3) is 9.35. The van der Waals surface area contributed by atoms with Crippen molar-refractivity contribution in [3.05, 3.63) is 23.8 Å². The maximum Gasteiger partial charge on any atom is 0.306 e. The number of rotatable bonds is 16. The minimum Gasteiger partial charge on any atom is -0.493 e. The molecule has 0 radical (unpaired) electrons. The van der Waals surface area contributed by atoms with Gasteiger partial charge in [-0.2, -0.15) is 0 Å². The van der Waals surface area contributed by atoms with Crippen LogP contribution in [0.5, 0.6) is 11.5 Å². The molecule has 0 spiro atoms. The third-order valence-electron chi connectivity index (χ3n) is 6.05. The monoisotopic (exact) mass is 453 g/mol. The van der Waals surface area contributed by atoms with Crippen LogP contribution in [0.3, 0.4) is 0 Å². The van der Waals surface area contributed by atoms with Crippen molar-refractivity contribution in [3.63, 3.8) is 0 Å². The summed E-state index contributed by atoms with van der Waals surface area (Å²) >= 11 is 0. The van der Waals surface area contributed by atoms with Crippen LogP contribution in [-0.4, -0.2) is 55.8 Å². The molecule has 0 fully saturated rings. The largest absolute Gasteiger partial charge is 0.493 e. The van der Waals surface area contributed by atoms with E-state index >= 15 is 0 Å². The highest BCUT2D eigenvalue weighted by atomic mass is 16.5. The highest BCUT2D eigenvalue weighted by Crippen LogP contribution is 2.31. The summed E-state index contributed by atoms with van der Waals surface area (Å²) in [5, 5.41) is 20.0. The fourth-order valence-electron chi connectivity index (χ4n) is 4.04. The first-order valence-electron chi connectivity index (χ1n) is 11.6. The molecule has 0 aliphatic carbocycles. The van der Waals surface area contributed by atoms with Gasteiger partial charge >= 0.3 is 5.97 Å². The van der Waals surface area contributed by atoms with Crippen LogP contribution in [0.1, 0.15) is 52.5 Å². The summed E-state index contributed by atoms with van der Waals surface area (Å²) in [6, 6.07) is 5.65. The molecule has 32 heavy (non-hydrogen) atoms. The Labute approximate surface area is 193 Å². The lowest BCUT2D eigenvalue weighted by Crippen LogP contribution is -2.39. The normalized spacial score (nSPS) is 15.4. The van der Waals surface area contributed by atoms with Crippen LogP contribution in [0, 0.1) is 23.7 Å². The summed E-state index contributed by atoms with van der Waals surface area (Å²) in [4.78, 5) is 11.5. The van der Waals surface area contributed by atoms with E-state index in [1.807, 2.05) is 32.0 Å². The molecule has 0 unspecified atom stereocenters. The Morgan fingerprint density at radius 2 is 1.72 bits per heavy atom. The number of hydrogen-bond donors (Lipinski definition) is 3. The van der Waals surface area contributed by atoms with Crippen LogP contribution in [0.2, 0.25) is 0 Å². The van der Waals surface area contributed by atoms with Crippen molar-refractivity contribution in [2.45, 2.75) is 65.5 Å². The average Bonchev–Trinajstić information content (AvgIpc) is 2.72. The number of benzene rings is 1. The zero-order valence-corrected chi connectivity index (χ0v) is 20.5. The van der Waals surface area contributed by atoms with Crippen molar-refractivity contribution >= 4 is 5.97 Å². The van der Waals surface area contributed by atoms with E-state index < -0.39 is 18.0 Å². The molecule has 0 aliphatic heterocycles. The van der Waals surface area contributed by atoms with Gasteiger partial charge in [0.1, 0.15) is 0 Å². The predicted octanol–water partition coefficient (Wildman–Crippen LogP) is 3.75. The van der Waals surface area contributed by atoms with Gasteiger partial charge in [-0.15, -0.1) is 0 Å². The van der Waals surface area contributed by atoms with Gasteiger partial charge in [0.15, 0.2) is 11.5 Å². The van der Waals surface area contributed by atoms with E-state index in [1.54, 1.807) is 14.2 Å². The molecule has 0 heterocycles. The van der Waals surface area contributed by atoms with Gasteiger partial charge in [0, 0.05) is 26.2 Å². The quantitative estimate of drug-likeness (QED) is 0.327. The van der Waals surface area contributed by atoms with Crippen molar-refractivity contribution in [2.75, 3.05) is 27.4 Å². The van der Waals surface area contributed by atoms with Crippen molar-refractivity contribution in [3.8, 4) is 11.5 Å². The highest BCUT2D eigenvalue weighted by Gasteiger charge is 2.29. The Bertz CT molecular complexity index is 678. The molecular formula is C25H43NO6. The molecule has 7 nitrogen and oxygen atoms in total. The van der Waals surface area contributed by atoms with Gasteiger partial charge in [-0.1, -0.05) is 33.8 Å². The van der Waals surface area contributed by atoms with Gasteiger partial charge in [0.25, 0.3) is 0 Å². The van der Waals surface area contributed by atoms with Crippen LogP contribution in [0.4, 0.5) is 0 Å². The first-order valence-corrected chi connectivity index (χ1v) is 11.6. The van der Waals surface area contributed by atoms with Gasteiger partial charge < -0.3 is 30.2 Å². The number of aliphatic carboxylic acids is 1. The summed E-state index contributed by atoms with van der Waals surface area (Å²) in [5.74, 6) is 0.311. The van der Waals surface area contributed by atoms with Gasteiger partial charge in [0.2, 0.25) is 0 Å². The summed E-state index contributed by atoms with van der Waals surface area (Å²) in [6.07, 6.45) is 1.36. The Hall–Kier alpha value is -1.83. The molecule has 4 atom stereocenters. The van der Waals surface area contributed by atoms with E-state index in [4.69, 9.17) is 19.9 Å². The van der Waals surface area contributed by atoms with E-state index in [1.165, 1.54) is 0 Å². The average molecular weight is 454 g/mol. The second kappa shape index (κ2) is 14.3. The van der Waals surface area contributed by atoms with Crippen molar-refractivity contribution in [1.29, 1.82) is 0 Å². The lowest BCUT2D eigenvalue weighted by molar-refractivity contribution is -0.144. The standard InChI is InChI=1S/C25H43NO6/c1-16(2)20(22(26)15-19(27)14-21(17(3)4)25(28)29)12-18-8-9-23(31-6)24(13-18)32-11-7-10-30-5/h8-9,13,16-17,19-22,27H,7,10-12,14-15,26H2,1-6H3,(H,28,29)/t19-,20-,21-,22-/m0/s1. The molecular weight excluding hydrogens is 410 g/mol. The van der Waals surface area contributed by atoms with Gasteiger partial charge in [-0.3, -0.25) is 4.79 Å².